The number of ether oxygens (including phenoxy) is 2. The maximum Gasteiger partial charge on any atom is 0.297 e. The first kappa shape index (κ1) is 19.8. The van der Waals surface area contributed by atoms with Gasteiger partial charge in [0.2, 0.25) is 5.76 Å². The van der Waals surface area contributed by atoms with Crippen molar-refractivity contribution < 1.29 is 18.7 Å². The SMILES string of the molecule is COc1ccc(C2c3c(oc4ccc(Br)cc4c3=O)C(=O)N2c2nccs2)cc1OC. The number of fused-ring (bicyclic) bond motifs is 2. The van der Waals surface area contributed by atoms with E-state index in [1.165, 1.54) is 23.3 Å². The van der Waals surface area contributed by atoms with Gasteiger partial charge in [-0.2, -0.15) is 0 Å². The molecule has 0 N–H and O–H groups in total. The highest BCUT2D eigenvalue weighted by atomic mass is 79.9. The Morgan fingerprint density at radius 1 is 1.10 bits per heavy atom. The van der Waals surface area contributed by atoms with E-state index in [0.717, 1.165) is 4.47 Å². The van der Waals surface area contributed by atoms with Crippen LogP contribution in [0.15, 0.2) is 61.7 Å². The second-order valence-corrected chi connectivity index (χ2v) is 8.61. The number of rotatable bonds is 4. The number of nitrogens with zero attached hydrogens (tertiary/aromatic N) is 2. The lowest BCUT2D eigenvalue weighted by atomic mass is 9.98. The molecular weight excluding hydrogens is 484 g/mol. The fraction of sp³-hybridized carbons (Fsp3) is 0.136. The van der Waals surface area contributed by atoms with Crippen molar-refractivity contribution >= 4 is 49.3 Å². The van der Waals surface area contributed by atoms with Crippen LogP contribution in [0.25, 0.3) is 11.0 Å². The van der Waals surface area contributed by atoms with Crippen molar-refractivity contribution in [1.29, 1.82) is 0 Å². The van der Waals surface area contributed by atoms with E-state index in [1.807, 2.05) is 0 Å². The van der Waals surface area contributed by atoms with Gasteiger partial charge in [0.1, 0.15) is 5.58 Å². The Labute approximate surface area is 189 Å². The molecule has 156 valence electrons. The van der Waals surface area contributed by atoms with Crippen LogP contribution in [0.3, 0.4) is 0 Å². The van der Waals surface area contributed by atoms with Crippen LogP contribution in [0.4, 0.5) is 5.13 Å². The molecule has 1 amide bonds. The van der Waals surface area contributed by atoms with Gasteiger partial charge in [0.25, 0.3) is 5.91 Å². The summed E-state index contributed by atoms with van der Waals surface area (Å²) in [5.74, 6) is 0.653. The number of amides is 1. The van der Waals surface area contributed by atoms with Crippen LogP contribution < -0.4 is 19.8 Å². The molecule has 31 heavy (non-hydrogen) atoms. The van der Waals surface area contributed by atoms with Crippen LogP contribution in [0, 0.1) is 0 Å². The summed E-state index contributed by atoms with van der Waals surface area (Å²) in [5, 5.41) is 2.65. The zero-order chi connectivity index (χ0) is 21.7. The van der Waals surface area contributed by atoms with Gasteiger partial charge in [-0.25, -0.2) is 4.98 Å². The molecule has 7 nitrogen and oxygen atoms in total. The van der Waals surface area contributed by atoms with Gasteiger partial charge in [-0.05, 0) is 35.9 Å². The molecule has 0 bridgehead atoms. The maximum atomic E-state index is 13.6. The Morgan fingerprint density at radius 3 is 2.61 bits per heavy atom. The topological polar surface area (TPSA) is 81.9 Å². The standard InChI is InChI=1S/C22H15BrN2O5S/c1-28-15-5-3-11(9-16(15)29-2)18-17-19(26)13-10-12(23)4-6-14(13)30-20(17)21(27)25(18)22-24-7-8-31-22/h3-10,18H,1-2H3. The summed E-state index contributed by atoms with van der Waals surface area (Å²) in [5.41, 5.74) is 1.05. The summed E-state index contributed by atoms with van der Waals surface area (Å²) >= 11 is 4.71. The minimum atomic E-state index is -0.715. The molecule has 0 spiro atoms. The van der Waals surface area contributed by atoms with Crippen molar-refractivity contribution in [3.05, 3.63) is 79.6 Å². The van der Waals surface area contributed by atoms with E-state index in [9.17, 15) is 9.59 Å². The van der Waals surface area contributed by atoms with E-state index >= 15 is 0 Å². The monoisotopic (exact) mass is 498 g/mol. The highest BCUT2D eigenvalue weighted by Crippen LogP contribution is 2.43. The molecule has 0 radical (unpaired) electrons. The highest BCUT2D eigenvalue weighted by molar-refractivity contribution is 9.10. The molecule has 1 atom stereocenters. The summed E-state index contributed by atoms with van der Waals surface area (Å²) in [4.78, 5) is 32.8. The molecule has 0 fully saturated rings. The minimum absolute atomic E-state index is 0.0230. The largest absolute Gasteiger partial charge is 0.493 e. The third-order valence-corrected chi connectivity index (χ3v) is 6.44. The molecule has 3 heterocycles. The number of hydrogen-bond donors (Lipinski definition) is 0. The maximum absolute atomic E-state index is 13.6. The van der Waals surface area contributed by atoms with Crippen LogP contribution >= 0.6 is 27.3 Å². The number of anilines is 1. The van der Waals surface area contributed by atoms with Crippen LogP contribution in [0.1, 0.15) is 27.7 Å². The first-order valence-electron chi connectivity index (χ1n) is 9.24. The number of methoxy groups -OCH3 is 2. The predicted octanol–water partition coefficient (Wildman–Crippen LogP) is 4.78. The fourth-order valence-electron chi connectivity index (χ4n) is 3.82. The van der Waals surface area contributed by atoms with Crippen molar-refractivity contribution in [2.24, 2.45) is 0 Å². The third kappa shape index (κ3) is 3.03. The van der Waals surface area contributed by atoms with E-state index in [4.69, 9.17) is 13.9 Å². The van der Waals surface area contributed by atoms with Crippen LogP contribution in [-0.4, -0.2) is 25.1 Å². The zero-order valence-corrected chi connectivity index (χ0v) is 18.8. The first-order chi connectivity index (χ1) is 15.0. The Morgan fingerprint density at radius 2 is 1.90 bits per heavy atom. The number of carbonyl (C=O) groups excluding carboxylic acids is 1. The zero-order valence-electron chi connectivity index (χ0n) is 16.4. The molecule has 5 rings (SSSR count). The summed E-state index contributed by atoms with van der Waals surface area (Å²) < 4.78 is 17.5. The minimum Gasteiger partial charge on any atom is -0.493 e. The molecule has 1 aliphatic rings. The molecule has 2 aromatic heterocycles. The van der Waals surface area contributed by atoms with Crippen LogP contribution in [0.2, 0.25) is 0 Å². The van der Waals surface area contributed by atoms with Gasteiger partial charge in [0.15, 0.2) is 22.1 Å². The molecule has 2 aromatic carbocycles. The molecule has 9 heteroatoms. The number of hydrogen-bond acceptors (Lipinski definition) is 7. The number of benzene rings is 2. The molecule has 0 saturated heterocycles. The van der Waals surface area contributed by atoms with E-state index < -0.39 is 11.9 Å². The summed E-state index contributed by atoms with van der Waals surface area (Å²) in [6, 6.07) is 9.73. The highest BCUT2D eigenvalue weighted by Gasteiger charge is 2.45. The molecule has 0 saturated carbocycles. The molecule has 0 aliphatic carbocycles. The summed E-state index contributed by atoms with van der Waals surface area (Å²) in [7, 11) is 3.08. The van der Waals surface area contributed by atoms with Gasteiger partial charge in [-0.1, -0.05) is 22.0 Å². The number of thiazole rings is 1. The van der Waals surface area contributed by atoms with E-state index in [-0.39, 0.29) is 16.8 Å². The Kier molecular flexibility index (Phi) is 4.79. The number of halogens is 1. The smallest absolute Gasteiger partial charge is 0.297 e. The van der Waals surface area contributed by atoms with Crippen molar-refractivity contribution in [2.45, 2.75) is 6.04 Å². The van der Waals surface area contributed by atoms with Crippen LogP contribution in [0.5, 0.6) is 11.5 Å². The van der Waals surface area contributed by atoms with Crippen molar-refractivity contribution in [3.8, 4) is 11.5 Å². The van der Waals surface area contributed by atoms with E-state index in [0.29, 0.717) is 33.2 Å². The average molecular weight is 499 g/mol. The lowest BCUT2D eigenvalue weighted by Crippen LogP contribution is -2.29. The lowest BCUT2D eigenvalue weighted by molar-refractivity contribution is 0.0971. The molecule has 1 aliphatic heterocycles. The fourth-order valence-corrected chi connectivity index (χ4v) is 4.84. The van der Waals surface area contributed by atoms with E-state index in [1.54, 1.807) is 55.1 Å². The number of aromatic nitrogens is 1. The normalized spacial score (nSPS) is 15.4. The van der Waals surface area contributed by atoms with Gasteiger partial charge in [0, 0.05) is 16.0 Å². The lowest BCUT2D eigenvalue weighted by Gasteiger charge is -2.23. The Hall–Kier alpha value is -3.17. The van der Waals surface area contributed by atoms with Crippen molar-refractivity contribution in [1.82, 2.24) is 4.98 Å². The van der Waals surface area contributed by atoms with Gasteiger partial charge in [-0.15, -0.1) is 11.3 Å². The van der Waals surface area contributed by atoms with Crippen molar-refractivity contribution in [2.75, 3.05) is 19.1 Å². The molecule has 4 aromatic rings. The van der Waals surface area contributed by atoms with Gasteiger partial charge < -0.3 is 13.9 Å². The average Bonchev–Trinajstić information content (AvgIpc) is 3.40. The summed E-state index contributed by atoms with van der Waals surface area (Å²) in [6.07, 6.45) is 1.62. The number of carbonyl (C=O) groups is 1. The van der Waals surface area contributed by atoms with Gasteiger partial charge in [-0.3, -0.25) is 14.5 Å². The Bertz CT molecular complexity index is 1380. The second kappa shape index (κ2) is 7.51. The molecule has 1 unspecified atom stereocenters. The second-order valence-electron chi connectivity index (χ2n) is 6.82. The van der Waals surface area contributed by atoms with E-state index in [2.05, 4.69) is 20.9 Å². The summed E-state index contributed by atoms with van der Waals surface area (Å²) in [6.45, 7) is 0. The van der Waals surface area contributed by atoms with Gasteiger partial charge in [0.05, 0.1) is 31.2 Å². The van der Waals surface area contributed by atoms with Crippen LogP contribution in [-0.2, 0) is 0 Å². The van der Waals surface area contributed by atoms with Crippen molar-refractivity contribution in [3.63, 3.8) is 0 Å². The molecular formula is C22H15BrN2O5S. The Balaban J connectivity index is 1.81. The first-order valence-corrected chi connectivity index (χ1v) is 10.9. The third-order valence-electron chi connectivity index (χ3n) is 5.18. The quantitative estimate of drug-likeness (QED) is 0.402. The van der Waals surface area contributed by atoms with Gasteiger partial charge >= 0.3 is 0 Å². The predicted molar refractivity (Wildman–Crippen MR) is 120 cm³/mol.